The van der Waals surface area contributed by atoms with Gasteiger partial charge in [-0.3, -0.25) is 4.90 Å². The highest BCUT2D eigenvalue weighted by Crippen LogP contribution is 2.23. The highest BCUT2D eigenvalue weighted by Gasteiger charge is 2.13. The van der Waals surface area contributed by atoms with Crippen molar-refractivity contribution in [2.24, 2.45) is 0 Å². The molecule has 0 unspecified atom stereocenters. The SMILES string of the molecule is CCNc1nc2ccccc2cc1CN1CCCCCC1. The van der Waals surface area contributed by atoms with E-state index >= 15 is 0 Å². The molecular formula is C18H25N3. The Morgan fingerprint density at radius 1 is 1.10 bits per heavy atom. The summed E-state index contributed by atoms with van der Waals surface area (Å²) in [6, 6.07) is 10.7. The molecule has 3 rings (SSSR count). The Labute approximate surface area is 127 Å². The first kappa shape index (κ1) is 14.3. The van der Waals surface area contributed by atoms with Gasteiger partial charge in [0.25, 0.3) is 0 Å². The molecule has 0 saturated carbocycles. The summed E-state index contributed by atoms with van der Waals surface area (Å²) in [5.41, 5.74) is 2.41. The molecule has 3 nitrogen and oxygen atoms in total. The van der Waals surface area contributed by atoms with E-state index in [9.17, 15) is 0 Å². The second-order valence-electron chi connectivity index (χ2n) is 5.91. The number of anilines is 1. The fraction of sp³-hybridized carbons (Fsp3) is 0.500. The second-order valence-corrected chi connectivity index (χ2v) is 5.91. The minimum atomic E-state index is 0.915. The van der Waals surface area contributed by atoms with Gasteiger partial charge in [-0.25, -0.2) is 4.98 Å². The normalized spacial score (nSPS) is 16.8. The Hall–Kier alpha value is -1.61. The average Bonchev–Trinajstić information content (AvgIpc) is 2.77. The van der Waals surface area contributed by atoms with E-state index in [1.165, 1.54) is 49.7 Å². The lowest BCUT2D eigenvalue weighted by atomic mass is 10.1. The second kappa shape index (κ2) is 6.90. The molecule has 0 spiro atoms. The van der Waals surface area contributed by atoms with Crippen LogP contribution in [0.2, 0.25) is 0 Å². The summed E-state index contributed by atoms with van der Waals surface area (Å²) in [6.45, 7) is 6.50. The van der Waals surface area contributed by atoms with Crippen LogP contribution in [0, 0.1) is 0 Å². The topological polar surface area (TPSA) is 28.2 Å². The fourth-order valence-electron chi connectivity index (χ4n) is 3.14. The predicted octanol–water partition coefficient (Wildman–Crippen LogP) is 4.04. The van der Waals surface area contributed by atoms with E-state index in [1.807, 2.05) is 0 Å². The molecule has 2 aromatic rings. The van der Waals surface area contributed by atoms with Gasteiger partial charge in [0.15, 0.2) is 0 Å². The Balaban J connectivity index is 1.89. The summed E-state index contributed by atoms with van der Waals surface area (Å²) in [6.07, 6.45) is 5.42. The van der Waals surface area contributed by atoms with Crippen molar-refractivity contribution in [1.82, 2.24) is 9.88 Å². The van der Waals surface area contributed by atoms with E-state index in [0.29, 0.717) is 0 Å². The number of likely N-dealkylation sites (tertiary alicyclic amines) is 1. The quantitative estimate of drug-likeness (QED) is 0.917. The highest BCUT2D eigenvalue weighted by molar-refractivity contribution is 5.81. The maximum absolute atomic E-state index is 4.82. The van der Waals surface area contributed by atoms with Crippen molar-refractivity contribution in [2.45, 2.75) is 39.2 Å². The van der Waals surface area contributed by atoms with Crippen LogP contribution in [-0.4, -0.2) is 29.5 Å². The van der Waals surface area contributed by atoms with Gasteiger partial charge in [0.1, 0.15) is 5.82 Å². The summed E-state index contributed by atoms with van der Waals surface area (Å²) < 4.78 is 0. The molecule has 0 bridgehead atoms. The molecule has 1 N–H and O–H groups in total. The minimum Gasteiger partial charge on any atom is -0.370 e. The molecule has 1 saturated heterocycles. The lowest BCUT2D eigenvalue weighted by molar-refractivity contribution is 0.277. The van der Waals surface area contributed by atoms with E-state index in [0.717, 1.165) is 24.4 Å². The van der Waals surface area contributed by atoms with Crippen molar-refractivity contribution < 1.29 is 0 Å². The molecule has 21 heavy (non-hydrogen) atoms. The smallest absolute Gasteiger partial charge is 0.131 e. The van der Waals surface area contributed by atoms with Crippen molar-refractivity contribution in [1.29, 1.82) is 0 Å². The van der Waals surface area contributed by atoms with Crippen molar-refractivity contribution in [2.75, 3.05) is 25.0 Å². The Bertz CT molecular complexity index is 586. The molecule has 1 aliphatic rings. The van der Waals surface area contributed by atoms with Gasteiger partial charge in [-0.05, 0) is 45.0 Å². The third kappa shape index (κ3) is 3.53. The molecule has 0 aliphatic carbocycles. The molecule has 1 aromatic carbocycles. The van der Waals surface area contributed by atoms with E-state index < -0.39 is 0 Å². The first-order valence-corrected chi connectivity index (χ1v) is 8.21. The molecule has 3 heteroatoms. The van der Waals surface area contributed by atoms with Crippen LogP contribution >= 0.6 is 0 Å². The third-order valence-corrected chi connectivity index (χ3v) is 4.24. The van der Waals surface area contributed by atoms with Gasteiger partial charge >= 0.3 is 0 Å². The van der Waals surface area contributed by atoms with Gasteiger partial charge in [-0.15, -0.1) is 0 Å². The average molecular weight is 283 g/mol. The van der Waals surface area contributed by atoms with Crippen LogP contribution in [0.15, 0.2) is 30.3 Å². The van der Waals surface area contributed by atoms with E-state index in [-0.39, 0.29) is 0 Å². The van der Waals surface area contributed by atoms with Crippen LogP contribution < -0.4 is 5.32 Å². The number of fused-ring (bicyclic) bond motifs is 1. The van der Waals surface area contributed by atoms with E-state index in [1.54, 1.807) is 0 Å². The van der Waals surface area contributed by atoms with E-state index in [4.69, 9.17) is 4.98 Å². The van der Waals surface area contributed by atoms with Gasteiger partial charge in [0.2, 0.25) is 0 Å². The highest BCUT2D eigenvalue weighted by atomic mass is 15.1. The molecular weight excluding hydrogens is 258 g/mol. The molecule has 1 aliphatic heterocycles. The molecule has 0 radical (unpaired) electrons. The summed E-state index contributed by atoms with van der Waals surface area (Å²) in [4.78, 5) is 7.40. The van der Waals surface area contributed by atoms with Gasteiger partial charge < -0.3 is 5.32 Å². The number of nitrogens with one attached hydrogen (secondary N) is 1. The molecule has 1 fully saturated rings. The Morgan fingerprint density at radius 2 is 1.86 bits per heavy atom. The van der Waals surface area contributed by atoms with Gasteiger partial charge in [-0.2, -0.15) is 0 Å². The third-order valence-electron chi connectivity index (χ3n) is 4.24. The maximum atomic E-state index is 4.82. The number of rotatable bonds is 4. The van der Waals surface area contributed by atoms with Crippen molar-refractivity contribution >= 4 is 16.7 Å². The van der Waals surface area contributed by atoms with Gasteiger partial charge in [0.05, 0.1) is 5.52 Å². The zero-order chi connectivity index (χ0) is 14.5. The maximum Gasteiger partial charge on any atom is 0.131 e. The molecule has 1 aromatic heterocycles. The molecule has 2 heterocycles. The number of pyridine rings is 1. The summed E-state index contributed by atoms with van der Waals surface area (Å²) in [7, 11) is 0. The summed E-state index contributed by atoms with van der Waals surface area (Å²) >= 11 is 0. The Morgan fingerprint density at radius 3 is 2.62 bits per heavy atom. The number of aromatic nitrogens is 1. The van der Waals surface area contributed by atoms with E-state index in [2.05, 4.69) is 47.5 Å². The van der Waals surface area contributed by atoms with Crippen molar-refractivity contribution in [3.8, 4) is 0 Å². The Kier molecular flexibility index (Phi) is 4.71. The van der Waals surface area contributed by atoms with Crippen LogP contribution in [0.3, 0.4) is 0 Å². The fourth-order valence-corrected chi connectivity index (χ4v) is 3.14. The monoisotopic (exact) mass is 283 g/mol. The van der Waals surface area contributed by atoms with Gasteiger partial charge in [-0.1, -0.05) is 31.0 Å². The van der Waals surface area contributed by atoms with Crippen LogP contribution in [-0.2, 0) is 6.54 Å². The number of hydrogen-bond donors (Lipinski definition) is 1. The predicted molar refractivity (Wildman–Crippen MR) is 89.7 cm³/mol. The van der Waals surface area contributed by atoms with Gasteiger partial charge in [0, 0.05) is 24.0 Å². The molecule has 0 amide bonds. The number of para-hydroxylation sites is 1. The minimum absolute atomic E-state index is 0.915. The zero-order valence-electron chi connectivity index (χ0n) is 12.9. The number of hydrogen-bond acceptors (Lipinski definition) is 3. The van der Waals surface area contributed by atoms with Crippen molar-refractivity contribution in [3.63, 3.8) is 0 Å². The first-order valence-electron chi connectivity index (χ1n) is 8.21. The first-order chi connectivity index (χ1) is 10.4. The van der Waals surface area contributed by atoms with Crippen LogP contribution in [0.25, 0.3) is 10.9 Å². The standard InChI is InChI=1S/C18H25N3/c1-2-19-18-16(14-21-11-7-3-4-8-12-21)13-15-9-5-6-10-17(15)20-18/h5-6,9-10,13H,2-4,7-8,11-12,14H2,1H3,(H,19,20). The van der Waals surface area contributed by atoms with Crippen LogP contribution in [0.1, 0.15) is 38.2 Å². The zero-order valence-corrected chi connectivity index (χ0v) is 12.9. The largest absolute Gasteiger partial charge is 0.370 e. The van der Waals surface area contributed by atoms with Crippen LogP contribution in [0.4, 0.5) is 5.82 Å². The lowest BCUT2D eigenvalue weighted by Gasteiger charge is -2.21. The lowest BCUT2D eigenvalue weighted by Crippen LogP contribution is -2.24. The number of nitrogens with zero attached hydrogens (tertiary/aromatic N) is 2. The number of benzene rings is 1. The summed E-state index contributed by atoms with van der Waals surface area (Å²) in [5.74, 6) is 1.06. The summed E-state index contributed by atoms with van der Waals surface area (Å²) in [5, 5.41) is 4.68. The van der Waals surface area contributed by atoms with Crippen LogP contribution in [0.5, 0.6) is 0 Å². The molecule has 0 atom stereocenters. The molecule has 112 valence electrons. The van der Waals surface area contributed by atoms with Crippen molar-refractivity contribution in [3.05, 3.63) is 35.9 Å².